The summed E-state index contributed by atoms with van der Waals surface area (Å²) in [5.74, 6) is 1.63. The van der Waals surface area contributed by atoms with Gasteiger partial charge in [0.15, 0.2) is 5.78 Å². The SMILES string of the molecule is Cc1nccn1CC(=O)C1CC1. The Morgan fingerprint density at radius 1 is 1.75 bits per heavy atom. The minimum Gasteiger partial charge on any atom is -0.328 e. The average Bonchev–Trinajstić information content (AvgIpc) is 2.80. The van der Waals surface area contributed by atoms with Gasteiger partial charge in [-0.2, -0.15) is 0 Å². The van der Waals surface area contributed by atoms with E-state index < -0.39 is 0 Å². The number of hydrogen-bond donors (Lipinski definition) is 0. The zero-order valence-corrected chi connectivity index (χ0v) is 7.16. The number of Topliss-reactive ketones (excluding diaryl/α,β-unsaturated/α-hetero) is 1. The number of ketones is 1. The average molecular weight is 164 g/mol. The Labute approximate surface area is 71.4 Å². The van der Waals surface area contributed by atoms with Crippen molar-refractivity contribution in [3.8, 4) is 0 Å². The van der Waals surface area contributed by atoms with Gasteiger partial charge in [0.05, 0.1) is 6.54 Å². The smallest absolute Gasteiger partial charge is 0.155 e. The zero-order chi connectivity index (χ0) is 8.55. The van der Waals surface area contributed by atoms with Crippen LogP contribution in [-0.4, -0.2) is 15.3 Å². The zero-order valence-electron chi connectivity index (χ0n) is 7.16. The van der Waals surface area contributed by atoms with Crippen molar-refractivity contribution in [2.75, 3.05) is 0 Å². The van der Waals surface area contributed by atoms with Crippen molar-refractivity contribution in [3.63, 3.8) is 0 Å². The predicted molar refractivity (Wildman–Crippen MR) is 44.7 cm³/mol. The molecule has 0 saturated heterocycles. The normalized spacial score (nSPS) is 16.4. The molecule has 0 radical (unpaired) electrons. The van der Waals surface area contributed by atoms with E-state index in [9.17, 15) is 4.79 Å². The minimum atomic E-state index is 0.354. The first-order valence-corrected chi connectivity index (χ1v) is 4.28. The van der Waals surface area contributed by atoms with E-state index in [1.165, 1.54) is 0 Å². The largest absolute Gasteiger partial charge is 0.328 e. The van der Waals surface area contributed by atoms with Gasteiger partial charge in [0.2, 0.25) is 0 Å². The summed E-state index contributed by atoms with van der Waals surface area (Å²) in [6.45, 7) is 2.43. The van der Waals surface area contributed by atoms with Gasteiger partial charge in [-0.15, -0.1) is 0 Å². The number of carbonyl (C=O) groups is 1. The van der Waals surface area contributed by atoms with Crippen LogP contribution in [0.3, 0.4) is 0 Å². The van der Waals surface area contributed by atoms with Crippen LogP contribution in [0.1, 0.15) is 18.7 Å². The van der Waals surface area contributed by atoms with Crippen LogP contribution < -0.4 is 0 Å². The van der Waals surface area contributed by atoms with E-state index in [4.69, 9.17) is 0 Å². The molecular weight excluding hydrogens is 152 g/mol. The Morgan fingerprint density at radius 2 is 2.50 bits per heavy atom. The van der Waals surface area contributed by atoms with Crippen molar-refractivity contribution >= 4 is 5.78 Å². The molecule has 1 fully saturated rings. The fourth-order valence-electron chi connectivity index (χ4n) is 1.27. The lowest BCUT2D eigenvalue weighted by atomic mass is 10.2. The monoisotopic (exact) mass is 164 g/mol. The molecule has 1 aromatic heterocycles. The molecule has 0 spiro atoms. The number of rotatable bonds is 3. The Balaban J connectivity index is 2.02. The fourth-order valence-corrected chi connectivity index (χ4v) is 1.27. The molecule has 64 valence electrons. The van der Waals surface area contributed by atoms with Crippen LogP contribution in [0.5, 0.6) is 0 Å². The third-order valence-corrected chi connectivity index (χ3v) is 2.28. The van der Waals surface area contributed by atoms with Crippen LogP contribution in [0.4, 0.5) is 0 Å². The Bertz CT molecular complexity index is 299. The molecule has 1 heterocycles. The van der Waals surface area contributed by atoms with E-state index in [2.05, 4.69) is 4.98 Å². The highest BCUT2D eigenvalue weighted by atomic mass is 16.1. The molecule has 3 heteroatoms. The van der Waals surface area contributed by atoms with Crippen LogP contribution in [0.2, 0.25) is 0 Å². The molecule has 1 saturated carbocycles. The number of hydrogen-bond acceptors (Lipinski definition) is 2. The molecule has 1 aliphatic rings. The van der Waals surface area contributed by atoms with Gasteiger partial charge in [0.25, 0.3) is 0 Å². The first-order chi connectivity index (χ1) is 5.77. The van der Waals surface area contributed by atoms with Gasteiger partial charge < -0.3 is 4.57 Å². The minimum absolute atomic E-state index is 0.354. The van der Waals surface area contributed by atoms with Crippen LogP contribution in [-0.2, 0) is 11.3 Å². The number of carbonyl (C=O) groups excluding carboxylic acids is 1. The highest BCUT2D eigenvalue weighted by molar-refractivity contribution is 5.82. The van der Waals surface area contributed by atoms with Crippen molar-refractivity contribution in [1.29, 1.82) is 0 Å². The molecule has 1 aliphatic carbocycles. The fraction of sp³-hybridized carbons (Fsp3) is 0.556. The predicted octanol–water partition coefficient (Wildman–Crippen LogP) is 1.17. The van der Waals surface area contributed by atoms with Crippen molar-refractivity contribution < 1.29 is 4.79 Å². The molecule has 2 rings (SSSR count). The molecule has 1 aromatic rings. The molecule has 0 N–H and O–H groups in total. The number of imidazole rings is 1. The molecular formula is C9H12N2O. The standard InChI is InChI=1S/C9H12N2O/c1-7-10-4-5-11(7)6-9(12)8-2-3-8/h4-5,8H,2-3,6H2,1H3. The van der Waals surface area contributed by atoms with Crippen molar-refractivity contribution in [2.24, 2.45) is 5.92 Å². The lowest BCUT2D eigenvalue weighted by Gasteiger charge is -2.01. The van der Waals surface area contributed by atoms with E-state index in [1.807, 2.05) is 17.7 Å². The van der Waals surface area contributed by atoms with E-state index in [0.717, 1.165) is 18.7 Å². The van der Waals surface area contributed by atoms with Crippen molar-refractivity contribution in [3.05, 3.63) is 18.2 Å². The molecule has 0 atom stereocenters. The summed E-state index contributed by atoms with van der Waals surface area (Å²) in [5, 5.41) is 0. The topological polar surface area (TPSA) is 34.9 Å². The molecule has 0 bridgehead atoms. The van der Waals surface area contributed by atoms with E-state index in [1.54, 1.807) is 6.20 Å². The second kappa shape index (κ2) is 2.73. The summed E-state index contributed by atoms with van der Waals surface area (Å²) in [4.78, 5) is 15.4. The number of aromatic nitrogens is 2. The van der Waals surface area contributed by atoms with E-state index in [0.29, 0.717) is 18.2 Å². The highest BCUT2D eigenvalue weighted by Crippen LogP contribution is 2.30. The van der Waals surface area contributed by atoms with Crippen LogP contribution in [0.25, 0.3) is 0 Å². The molecule has 0 unspecified atom stereocenters. The van der Waals surface area contributed by atoms with Gasteiger partial charge in [-0.05, 0) is 19.8 Å². The van der Waals surface area contributed by atoms with E-state index in [-0.39, 0.29) is 0 Å². The molecule has 3 nitrogen and oxygen atoms in total. The third kappa shape index (κ3) is 1.40. The number of aryl methyl sites for hydroxylation is 1. The van der Waals surface area contributed by atoms with Gasteiger partial charge in [-0.25, -0.2) is 4.98 Å². The third-order valence-electron chi connectivity index (χ3n) is 2.28. The van der Waals surface area contributed by atoms with Crippen molar-refractivity contribution in [1.82, 2.24) is 9.55 Å². The molecule has 0 aromatic carbocycles. The van der Waals surface area contributed by atoms with Crippen molar-refractivity contribution in [2.45, 2.75) is 26.3 Å². The van der Waals surface area contributed by atoms with Gasteiger partial charge >= 0.3 is 0 Å². The summed E-state index contributed by atoms with van der Waals surface area (Å²) in [6.07, 6.45) is 5.77. The summed E-state index contributed by atoms with van der Waals surface area (Å²) < 4.78 is 1.90. The Kier molecular flexibility index (Phi) is 1.71. The van der Waals surface area contributed by atoms with Crippen LogP contribution in [0.15, 0.2) is 12.4 Å². The van der Waals surface area contributed by atoms with Gasteiger partial charge in [0.1, 0.15) is 5.82 Å². The Hall–Kier alpha value is -1.12. The quantitative estimate of drug-likeness (QED) is 0.672. The number of nitrogens with zero attached hydrogens (tertiary/aromatic N) is 2. The highest BCUT2D eigenvalue weighted by Gasteiger charge is 2.29. The van der Waals surface area contributed by atoms with Gasteiger partial charge in [-0.3, -0.25) is 4.79 Å². The lowest BCUT2D eigenvalue weighted by Crippen LogP contribution is -2.11. The molecule has 12 heavy (non-hydrogen) atoms. The summed E-state index contributed by atoms with van der Waals surface area (Å²) >= 11 is 0. The summed E-state index contributed by atoms with van der Waals surface area (Å²) in [6, 6.07) is 0. The maximum Gasteiger partial charge on any atom is 0.155 e. The van der Waals surface area contributed by atoms with Gasteiger partial charge in [-0.1, -0.05) is 0 Å². The maximum absolute atomic E-state index is 11.4. The molecule has 0 aliphatic heterocycles. The van der Waals surface area contributed by atoms with Crippen LogP contribution >= 0.6 is 0 Å². The second-order valence-electron chi connectivity index (χ2n) is 3.34. The first-order valence-electron chi connectivity index (χ1n) is 4.28. The van der Waals surface area contributed by atoms with Crippen LogP contribution in [0, 0.1) is 12.8 Å². The maximum atomic E-state index is 11.4. The van der Waals surface area contributed by atoms with E-state index >= 15 is 0 Å². The lowest BCUT2D eigenvalue weighted by molar-refractivity contribution is -0.120. The van der Waals surface area contributed by atoms with Gasteiger partial charge in [0, 0.05) is 18.3 Å². The second-order valence-corrected chi connectivity index (χ2v) is 3.34. The molecule has 0 amide bonds. The first kappa shape index (κ1) is 7.53. The summed E-state index contributed by atoms with van der Waals surface area (Å²) in [7, 11) is 0. The Morgan fingerprint density at radius 3 is 3.00 bits per heavy atom. The summed E-state index contributed by atoms with van der Waals surface area (Å²) in [5.41, 5.74) is 0.